The quantitative estimate of drug-likeness (QED) is 0.567. The molecule has 0 aliphatic carbocycles. The Bertz CT molecular complexity index is 974. The zero-order valence-corrected chi connectivity index (χ0v) is 16.7. The van der Waals surface area contributed by atoms with E-state index in [0.29, 0.717) is 30.5 Å². The second-order valence-corrected chi connectivity index (χ2v) is 6.44. The summed E-state index contributed by atoms with van der Waals surface area (Å²) in [6, 6.07) is 16.6. The summed E-state index contributed by atoms with van der Waals surface area (Å²) in [5.74, 6) is 1.64. The van der Waals surface area contributed by atoms with Gasteiger partial charge in [0.2, 0.25) is 5.95 Å². The predicted molar refractivity (Wildman–Crippen MR) is 113 cm³/mol. The first-order chi connectivity index (χ1) is 14.0. The van der Waals surface area contributed by atoms with Gasteiger partial charge >= 0.3 is 0 Å². The highest BCUT2D eigenvalue weighted by Gasteiger charge is 2.12. The molecule has 0 atom stereocenters. The summed E-state index contributed by atoms with van der Waals surface area (Å²) in [4.78, 5) is 21.2. The van der Waals surface area contributed by atoms with Crippen LogP contribution >= 0.6 is 0 Å². The molecule has 150 valence electrons. The SMILES string of the molecule is COc1ccc(OCCNc2nc(C)cc(C(=O)Nc3ccccc3C)n2)cc1. The lowest BCUT2D eigenvalue weighted by molar-refractivity contribution is 0.102. The van der Waals surface area contributed by atoms with Crippen LogP contribution < -0.4 is 20.1 Å². The van der Waals surface area contributed by atoms with E-state index < -0.39 is 0 Å². The summed E-state index contributed by atoms with van der Waals surface area (Å²) >= 11 is 0. The lowest BCUT2D eigenvalue weighted by Crippen LogP contribution is -2.18. The van der Waals surface area contributed by atoms with Gasteiger partial charge in [0.1, 0.15) is 23.8 Å². The van der Waals surface area contributed by atoms with Gasteiger partial charge in [0.15, 0.2) is 0 Å². The van der Waals surface area contributed by atoms with E-state index in [2.05, 4.69) is 20.6 Å². The molecule has 7 nitrogen and oxygen atoms in total. The zero-order valence-electron chi connectivity index (χ0n) is 16.7. The molecule has 0 unspecified atom stereocenters. The molecule has 0 bridgehead atoms. The van der Waals surface area contributed by atoms with Crippen molar-refractivity contribution in [3.8, 4) is 11.5 Å². The minimum absolute atomic E-state index is 0.276. The van der Waals surface area contributed by atoms with Crippen molar-refractivity contribution in [3.05, 3.63) is 71.5 Å². The summed E-state index contributed by atoms with van der Waals surface area (Å²) in [7, 11) is 1.62. The maximum absolute atomic E-state index is 12.6. The Kier molecular flexibility index (Phi) is 6.63. The van der Waals surface area contributed by atoms with Crippen molar-refractivity contribution < 1.29 is 14.3 Å². The van der Waals surface area contributed by atoms with Gasteiger partial charge in [-0.15, -0.1) is 0 Å². The van der Waals surface area contributed by atoms with Crippen molar-refractivity contribution in [1.82, 2.24) is 9.97 Å². The minimum Gasteiger partial charge on any atom is -0.497 e. The zero-order chi connectivity index (χ0) is 20.6. The van der Waals surface area contributed by atoms with Gasteiger partial charge < -0.3 is 20.1 Å². The van der Waals surface area contributed by atoms with E-state index in [1.165, 1.54) is 0 Å². The number of amides is 1. The number of rotatable bonds is 8. The molecule has 1 amide bonds. The normalized spacial score (nSPS) is 10.3. The summed E-state index contributed by atoms with van der Waals surface area (Å²) in [6.45, 7) is 4.69. The average Bonchev–Trinajstić information content (AvgIpc) is 2.73. The number of aryl methyl sites for hydroxylation is 2. The molecule has 1 aromatic heterocycles. The Labute approximate surface area is 170 Å². The number of aromatic nitrogens is 2. The largest absolute Gasteiger partial charge is 0.497 e. The van der Waals surface area contributed by atoms with Gasteiger partial charge in [0, 0.05) is 11.4 Å². The number of carbonyl (C=O) groups is 1. The Morgan fingerprint density at radius 1 is 1.00 bits per heavy atom. The highest BCUT2D eigenvalue weighted by Crippen LogP contribution is 2.17. The van der Waals surface area contributed by atoms with Crippen molar-refractivity contribution in [2.45, 2.75) is 13.8 Å². The summed E-state index contributed by atoms with van der Waals surface area (Å²) < 4.78 is 10.8. The van der Waals surface area contributed by atoms with Crippen molar-refractivity contribution >= 4 is 17.5 Å². The molecule has 2 N–H and O–H groups in total. The van der Waals surface area contributed by atoms with Gasteiger partial charge in [-0.05, 0) is 55.8 Å². The van der Waals surface area contributed by atoms with Crippen molar-refractivity contribution in [1.29, 1.82) is 0 Å². The Morgan fingerprint density at radius 3 is 2.45 bits per heavy atom. The fourth-order valence-corrected chi connectivity index (χ4v) is 2.67. The Balaban J connectivity index is 1.56. The van der Waals surface area contributed by atoms with E-state index in [4.69, 9.17) is 9.47 Å². The smallest absolute Gasteiger partial charge is 0.274 e. The van der Waals surface area contributed by atoms with Crippen molar-refractivity contribution in [3.63, 3.8) is 0 Å². The van der Waals surface area contributed by atoms with E-state index in [1.54, 1.807) is 13.2 Å². The monoisotopic (exact) mass is 392 g/mol. The molecule has 3 aromatic rings. The molecule has 0 radical (unpaired) electrons. The number of nitrogens with one attached hydrogen (secondary N) is 2. The molecule has 0 aliphatic heterocycles. The second kappa shape index (κ2) is 9.54. The van der Waals surface area contributed by atoms with E-state index in [9.17, 15) is 4.79 Å². The number of methoxy groups -OCH3 is 1. The molecular weight excluding hydrogens is 368 g/mol. The number of anilines is 2. The van der Waals surface area contributed by atoms with E-state index >= 15 is 0 Å². The van der Waals surface area contributed by atoms with E-state index in [0.717, 1.165) is 22.7 Å². The van der Waals surface area contributed by atoms with Gasteiger partial charge in [-0.1, -0.05) is 18.2 Å². The Morgan fingerprint density at radius 2 is 1.72 bits per heavy atom. The van der Waals surface area contributed by atoms with Gasteiger partial charge in [-0.25, -0.2) is 9.97 Å². The van der Waals surface area contributed by atoms with E-state index in [1.807, 2.05) is 62.4 Å². The molecule has 2 aromatic carbocycles. The first-order valence-corrected chi connectivity index (χ1v) is 9.28. The minimum atomic E-state index is -0.276. The number of carbonyl (C=O) groups excluding carboxylic acids is 1. The van der Waals surface area contributed by atoms with Crippen LogP contribution in [0.15, 0.2) is 54.6 Å². The number of para-hydroxylation sites is 1. The van der Waals surface area contributed by atoms with Gasteiger partial charge in [0.25, 0.3) is 5.91 Å². The first kappa shape index (κ1) is 20.1. The van der Waals surface area contributed by atoms with Crippen molar-refractivity contribution in [2.24, 2.45) is 0 Å². The van der Waals surface area contributed by atoms with Gasteiger partial charge in [-0.2, -0.15) is 0 Å². The molecule has 0 spiro atoms. The molecule has 0 saturated heterocycles. The molecular formula is C22H24N4O3. The molecule has 0 fully saturated rings. The number of benzene rings is 2. The van der Waals surface area contributed by atoms with Crippen LogP contribution in [0.2, 0.25) is 0 Å². The summed E-state index contributed by atoms with van der Waals surface area (Å²) in [5.41, 5.74) is 2.75. The first-order valence-electron chi connectivity index (χ1n) is 9.28. The third-order valence-corrected chi connectivity index (χ3v) is 4.19. The molecule has 29 heavy (non-hydrogen) atoms. The third kappa shape index (κ3) is 5.68. The van der Waals surface area contributed by atoms with Crippen LogP contribution in [0.4, 0.5) is 11.6 Å². The maximum atomic E-state index is 12.6. The topological polar surface area (TPSA) is 85.4 Å². The highest BCUT2D eigenvalue weighted by molar-refractivity contribution is 6.03. The van der Waals surface area contributed by atoms with Crippen LogP contribution in [0.3, 0.4) is 0 Å². The highest BCUT2D eigenvalue weighted by atomic mass is 16.5. The molecule has 1 heterocycles. The van der Waals surface area contributed by atoms with Crippen LogP contribution in [0.1, 0.15) is 21.7 Å². The maximum Gasteiger partial charge on any atom is 0.274 e. The molecule has 0 saturated carbocycles. The Hall–Kier alpha value is -3.61. The summed E-state index contributed by atoms with van der Waals surface area (Å²) in [6.07, 6.45) is 0. The standard InChI is InChI=1S/C22H24N4O3/c1-15-6-4-5-7-19(15)25-21(27)20-14-16(2)24-22(26-20)23-12-13-29-18-10-8-17(28-3)9-11-18/h4-11,14H,12-13H2,1-3H3,(H,25,27)(H,23,24,26). The third-order valence-electron chi connectivity index (χ3n) is 4.19. The van der Waals surface area contributed by atoms with Crippen LogP contribution in [-0.2, 0) is 0 Å². The number of hydrogen-bond donors (Lipinski definition) is 2. The predicted octanol–water partition coefficient (Wildman–Crippen LogP) is 3.85. The fourth-order valence-electron chi connectivity index (χ4n) is 2.67. The number of hydrogen-bond acceptors (Lipinski definition) is 6. The van der Waals surface area contributed by atoms with Gasteiger partial charge in [0.05, 0.1) is 13.7 Å². The van der Waals surface area contributed by atoms with E-state index in [-0.39, 0.29) is 5.91 Å². The fraction of sp³-hybridized carbons (Fsp3) is 0.227. The van der Waals surface area contributed by atoms with Crippen LogP contribution in [0.5, 0.6) is 11.5 Å². The lowest BCUT2D eigenvalue weighted by Gasteiger charge is -2.11. The van der Waals surface area contributed by atoms with Crippen LogP contribution in [0, 0.1) is 13.8 Å². The second-order valence-electron chi connectivity index (χ2n) is 6.44. The van der Waals surface area contributed by atoms with Gasteiger partial charge in [-0.3, -0.25) is 4.79 Å². The van der Waals surface area contributed by atoms with Crippen LogP contribution in [0.25, 0.3) is 0 Å². The average molecular weight is 392 g/mol. The molecule has 3 rings (SSSR count). The lowest BCUT2D eigenvalue weighted by atomic mass is 10.2. The van der Waals surface area contributed by atoms with Crippen LogP contribution in [-0.4, -0.2) is 36.1 Å². The summed E-state index contributed by atoms with van der Waals surface area (Å²) in [5, 5.41) is 5.98. The number of nitrogens with zero attached hydrogens (tertiary/aromatic N) is 2. The number of ether oxygens (including phenoxy) is 2. The molecule has 7 heteroatoms. The molecule has 0 aliphatic rings. The van der Waals surface area contributed by atoms with Crippen molar-refractivity contribution in [2.75, 3.05) is 30.9 Å².